The molecule has 8 nitrogen and oxygen atoms in total. The lowest BCUT2D eigenvalue weighted by Gasteiger charge is -2.31. The molecule has 120 valence electrons. The molecule has 0 aliphatic heterocycles. The maximum Gasteiger partial charge on any atom is 0.410 e. The molecule has 0 unspecified atom stereocenters. The van der Waals surface area contributed by atoms with E-state index in [4.69, 9.17) is 15.4 Å². The summed E-state index contributed by atoms with van der Waals surface area (Å²) in [6, 6.07) is -0.305. The predicted octanol–water partition coefficient (Wildman–Crippen LogP) is 3.18. The van der Waals surface area contributed by atoms with Gasteiger partial charge in [0.25, 0.3) is 0 Å². The molecule has 8 heteroatoms. The number of hydrogen-bond acceptors (Lipinski definition) is 4. The summed E-state index contributed by atoms with van der Waals surface area (Å²) in [4.78, 5) is 26.8. The topological polar surface area (TPSA) is 116 Å². The molecular weight excluding hydrogens is 276 g/mol. The van der Waals surface area contributed by atoms with Crippen molar-refractivity contribution in [3.63, 3.8) is 0 Å². The molecule has 0 aromatic rings. The number of aliphatic carboxylic acids is 1. The molecule has 0 rings (SSSR count). The van der Waals surface area contributed by atoms with Gasteiger partial charge in [0.1, 0.15) is 5.60 Å². The first-order valence-corrected chi connectivity index (χ1v) is 6.89. The van der Waals surface area contributed by atoms with Gasteiger partial charge in [0.05, 0.1) is 0 Å². The lowest BCUT2D eigenvalue weighted by molar-refractivity contribution is -0.137. The number of carbonyl (C=O) groups is 2. The fourth-order valence-electron chi connectivity index (χ4n) is 1.62. The van der Waals surface area contributed by atoms with Gasteiger partial charge in [-0.2, -0.15) is 0 Å². The van der Waals surface area contributed by atoms with Crippen molar-refractivity contribution in [2.45, 2.75) is 58.6 Å². The van der Waals surface area contributed by atoms with Gasteiger partial charge in [-0.15, -0.1) is 0 Å². The molecule has 0 heterocycles. The van der Waals surface area contributed by atoms with Crippen LogP contribution in [0.5, 0.6) is 0 Å². The molecule has 0 spiro atoms. The van der Waals surface area contributed by atoms with E-state index in [0.717, 1.165) is 0 Å². The minimum atomic E-state index is -0.860. The summed E-state index contributed by atoms with van der Waals surface area (Å²) < 4.78 is 5.32. The Morgan fingerprint density at radius 1 is 1.38 bits per heavy atom. The monoisotopic (exact) mass is 300 g/mol. The number of azide groups is 1. The second kappa shape index (κ2) is 9.07. The predicted molar refractivity (Wildman–Crippen MR) is 77.9 cm³/mol. The number of rotatable bonds is 8. The van der Waals surface area contributed by atoms with Crippen LogP contribution in [0.4, 0.5) is 4.79 Å². The van der Waals surface area contributed by atoms with E-state index in [1.807, 2.05) is 0 Å². The molecule has 0 radical (unpaired) electrons. The number of carbonyl (C=O) groups excluding carboxylic acids is 1. The van der Waals surface area contributed by atoms with Crippen molar-refractivity contribution in [1.82, 2.24) is 4.90 Å². The second-order valence-corrected chi connectivity index (χ2v) is 5.79. The zero-order valence-corrected chi connectivity index (χ0v) is 13.1. The van der Waals surface area contributed by atoms with Crippen LogP contribution in [0.3, 0.4) is 0 Å². The highest BCUT2D eigenvalue weighted by Gasteiger charge is 2.25. The smallest absolute Gasteiger partial charge is 0.410 e. The highest BCUT2D eigenvalue weighted by molar-refractivity contribution is 5.68. The highest BCUT2D eigenvalue weighted by Crippen LogP contribution is 2.13. The van der Waals surface area contributed by atoms with Crippen LogP contribution in [0, 0.1) is 0 Å². The van der Waals surface area contributed by atoms with Crippen molar-refractivity contribution in [3.8, 4) is 0 Å². The van der Waals surface area contributed by atoms with Crippen molar-refractivity contribution < 1.29 is 19.4 Å². The van der Waals surface area contributed by atoms with E-state index in [2.05, 4.69) is 10.0 Å². The van der Waals surface area contributed by atoms with Crippen LogP contribution >= 0.6 is 0 Å². The molecule has 0 aromatic heterocycles. The summed E-state index contributed by atoms with van der Waals surface area (Å²) in [5, 5.41) is 12.1. The first-order chi connectivity index (χ1) is 9.67. The van der Waals surface area contributed by atoms with Crippen LogP contribution in [-0.4, -0.2) is 46.8 Å². The van der Waals surface area contributed by atoms with Gasteiger partial charge in [-0.1, -0.05) is 5.11 Å². The van der Waals surface area contributed by atoms with Crippen molar-refractivity contribution in [3.05, 3.63) is 10.4 Å². The normalized spacial score (nSPS) is 12.2. The fraction of sp³-hybridized carbons (Fsp3) is 0.846. The SMILES string of the molecule is C[C@H](CN=[N+]=[N-])N(CCCCC(=O)O)C(=O)OC(C)(C)C. The van der Waals surface area contributed by atoms with E-state index in [9.17, 15) is 9.59 Å². The van der Waals surface area contributed by atoms with Crippen LogP contribution in [0.2, 0.25) is 0 Å². The summed E-state index contributed by atoms with van der Waals surface area (Å²) in [7, 11) is 0. The Labute approximate surface area is 124 Å². The van der Waals surface area contributed by atoms with Gasteiger partial charge in [-0.25, -0.2) is 4.79 Å². The summed E-state index contributed by atoms with van der Waals surface area (Å²) in [5.74, 6) is -0.860. The Morgan fingerprint density at radius 2 is 2.00 bits per heavy atom. The quantitative estimate of drug-likeness (QED) is 0.320. The van der Waals surface area contributed by atoms with Crippen molar-refractivity contribution in [2.75, 3.05) is 13.1 Å². The van der Waals surface area contributed by atoms with Gasteiger partial charge in [0.2, 0.25) is 0 Å². The van der Waals surface area contributed by atoms with Crippen LogP contribution in [0.1, 0.15) is 47.0 Å². The molecule has 0 aliphatic rings. The molecule has 0 aromatic carbocycles. The van der Waals surface area contributed by atoms with Gasteiger partial charge in [-0.05, 0) is 46.1 Å². The molecule has 0 bridgehead atoms. The summed E-state index contributed by atoms with van der Waals surface area (Å²) in [6.07, 6.45) is 0.598. The Kier molecular flexibility index (Phi) is 8.23. The zero-order chi connectivity index (χ0) is 16.5. The number of hydrogen-bond donors (Lipinski definition) is 1. The summed E-state index contributed by atoms with van der Waals surface area (Å²) in [6.45, 7) is 7.58. The van der Waals surface area contributed by atoms with E-state index in [1.165, 1.54) is 4.90 Å². The van der Waals surface area contributed by atoms with E-state index in [-0.39, 0.29) is 19.0 Å². The number of unbranched alkanes of at least 4 members (excludes halogenated alkanes) is 1. The fourth-order valence-corrected chi connectivity index (χ4v) is 1.62. The third-order valence-electron chi connectivity index (χ3n) is 2.61. The molecule has 1 amide bonds. The molecule has 1 atom stereocenters. The number of amides is 1. The Bertz CT molecular complexity index is 399. The average molecular weight is 300 g/mol. The largest absolute Gasteiger partial charge is 0.481 e. The molecule has 0 saturated heterocycles. The zero-order valence-electron chi connectivity index (χ0n) is 13.1. The average Bonchev–Trinajstić information content (AvgIpc) is 2.33. The van der Waals surface area contributed by atoms with Gasteiger partial charge < -0.3 is 14.7 Å². The van der Waals surface area contributed by atoms with Crippen LogP contribution in [0.15, 0.2) is 5.11 Å². The van der Waals surface area contributed by atoms with Crippen LogP contribution < -0.4 is 0 Å². The molecule has 21 heavy (non-hydrogen) atoms. The number of carboxylic acid groups (broad SMARTS) is 1. The number of carboxylic acids is 1. The van der Waals surface area contributed by atoms with Gasteiger partial charge >= 0.3 is 12.1 Å². The number of nitrogens with zero attached hydrogens (tertiary/aromatic N) is 4. The van der Waals surface area contributed by atoms with Crippen molar-refractivity contribution >= 4 is 12.1 Å². The van der Waals surface area contributed by atoms with E-state index < -0.39 is 17.7 Å². The minimum Gasteiger partial charge on any atom is -0.481 e. The molecular formula is C13H24N4O4. The molecule has 0 fully saturated rings. The van der Waals surface area contributed by atoms with E-state index in [1.54, 1.807) is 27.7 Å². The minimum absolute atomic E-state index is 0.0624. The van der Waals surface area contributed by atoms with Gasteiger partial charge in [-0.3, -0.25) is 4.79 Å². The van der Waals surface area contributed by atoms with E-state index >= 15 is 0 Å². The number of ether oxygens (including phenoxy) is 1. The lowest BCUT2D eigenvalue weighted by Crippen LogP contribution is -2.44. The summed E-state index contributed by atoms with van der Waals surface area (Å²) >= 11 is 0. The van der Waals surface area contributed by atoms with Crippen molar-refractivity contribution in [2.24, 2.45) is 5.11 Å². The van der Waals surface area contributed by atoms with Crippen molar-refractivity contribution in [1.29, 1.82) is 0 Å². The highest BCUT2D eigenvalue weighted by atomic mass is 16.6. The Hall–Kier alpha value is -1.95. The van der Waals surface area contributed by atoms with Crippen LogP contribution in [0.25, 0.3) is 10.4 Å². The first kappa shape index (κ1) is 19.1. The van der Waals surface area contributed by atoms with E-state index in [0.29, 0.717) is 19.4 Å². The lowest BCUT2D eigenvalue weighted by atomic mass is 10.2. The standard InChI is InChI=1S/C13H24N4O4/c1-10(9-15-16-14)17(8-6-5-7-11(18)19)12(20)21-13(2,3)4/h10H,5-9H2,1-4H3,(H,18,19)/t10-/m1/s1. The third kappa shape index (κ3) is 9.56. The van der Waals surface area contributed by atoms with Gasteiger partial charge in [0.15, 0.2) is 0 Å². The molecule has 0 aliphatic carbocycles. The second-order valence-electron chi connectivity index (χ2n) is 5.79. The van der Waals surface area contributed by atoms with Gasteiger partial charge in [0, 0.05) is 30.5 Å². The first-order valence-electron chi connectivity index (χ1n) is 6.89. The van der Waals surface area contributed by atoms with Crippen LogP contribution in [-0.2, 0) is 9.53 Å². The maximum atomic E-state index is 12.1. The third-order valence-corrected chi connectivity index (χ3v) is 2.61. The summed E-state index contributed by atoms with van der Waals surface area (Å²) in [5.41, 5.74) is 7.74. The Balaban J connectivity index is 4.63. The molecule has 1 N–H and O–H groups in total. The molecule has 0 saturated carbocycles. The maximum absolute atomic E-state index is 12.1. The Morgan fingerprint density at radius 3 is 2.48 bits per heavy atom.